The van der Waals surface area contributed by atoms with Gasteiger partial charge in [0.05, 0.1) is 20.9 Å². The topological polar surface area (TPSA) is 29.9 Å². The van der Waals surface area contributed by atoms with Gasteiger partial charge in [0.1, 0.15) is 0 Å². The van der Waals surface area contributed by atoms with E-state index in [1.807, 2.05) is 23.1 Å². The van der Waals surface area contributed by atoms with E-state index in [0.29, 0.717) is 4.34 Å². The quantitative estimate of drug-likeness (QED) is 0.906. The molecule has 0 spiro atoms. The number of aromatic nitrogens is 2. The fourth-order valence-corrected chi connectivity index (χ4v) is 3.40. The predicted molar refractivity (Wildman–Crippen MR) is 77.8 cm³/mol. The Balaban J connectivity index is 2.36. The lowest BCUT2D eigenvalue weighted by molar-refractivity contribution is 0.627. The molecule has 2 heterocycles. The smallest absolute Gasteiger partial charge is 0.0995 e. The van der Waals surface area contributed by atoms with E-state index in [1.54, 1.807) is 0 Å². The summed E-state index contributed by atoms with van der Waals surface area (Å²) in [5, 5.41) is 7.72. The lowest BCUT2D eigenvalue weighted by Gasteiger charge is -2.15. The van der Waals surface area contributed by atoms with Crippen LogP contribution in [0.2, 0.25) is 8.67 Å². The van der Waals surface area contributed by atoms with Gasteiger partial charge < -0.3 is 5.32 Å². The molecule has 98 valence electrons. The first-order valence-electron chi connectivity index (χ1n) is 5.86. The van der Waals surface area contributed by atoms with E-state index < -0.39 is 0 Å². The maximum atomic E-state index is 6.23. The van der Waals surface area contributed by atoms with Crippen LogP contribution in [-0.2, 0) is 6.54 Å². The van der Waals surface area contributed by atoms with Crippen molar-refractivity contribution in [2.45, 2.75) is 26.4 Å². The molecule has 0 amide bonds. The van der Waals surface area contributed by atoms with Crippen LogP contribution in [0.4, 0.5) is 0 Å². The van der Waals surface area contributed by atoms with Crippen molar-refractivity contribution in [2.75, 3.05) is 6.54 Å². The number of nitrogens with zero attached hydrogens (tertiary/aromatic N) is 2. The molecule has 0 radical (unpaired) electrons. The van der Waals surface area contributed by atoms with Crippen LogP contribution in [-0.4, -0.2) is 16.3 Å². The predicted octanol–water partition coefficient (Wildman–Crippen LogP) is 3.97. The van der Waals surface area contributed by atoms with Gasteiger partial charge in [-0.1, -0.05) is 30.1 Å². The molecule has 0 bridgehead atoms. The molecular formula is C12H15Cl2N3S. The van der Waals surface area contributed by atoms with E-state index in [2.05, 4.69) is 24.3 Å². The first-order valence-corrected chi connectivity index (χ1v) is 7.43. The van der Waals surface area contributed by atoms with Crippen LogP contribution in [0.3, 0.4) is 0 Å². The standard InChI is InChI=1S/C12H15Cl2N3S/c1-3-15-11(8-6-16-17(4-2)7-8)9-5-10(13)18-12(9)14/h5-7,11,15H,3-4H2,1-2H3. The van der Waals surface area contributed by atoms with Crippen LogP contribution < -0.4 is 5.32 Å². The third-order valence-corrected chi connectivity index (χ3v) is 4.23. The lowest BCUT2D eigenvalue weighted by atomic mass is 10.1. The summed E-state index contributed by atoms with van der Waals surface area (Å²) in [6.07, 6.45) is 3.91. The molecule has 18 heavy (non-hydrogen) atoms. The summed E-state index contributed by atoms with van der Waals surface area (Å²) in [6, 6.07) is 1.97. The number of hydrogen-bond acceptors (Lipinski definition) is 3. The Morgan fingerprint density at radius 2 is 2.22 bits per heavy atom. The van der Waals surface area contributed by atoms with E-state index in [-0.39, 0.29) is 6.04 Å². The fourth-order valence-electron chi connectivity index (χ4n) is 1.86. The van der Waals surface area contributed by atoms with E-state index >= 15 is 0 Å². The summed E-state index contributed by atoms with van der Waals surface area (Å²) < 4.78 is 3.35. The largest absolute Gasteiger partial charge is 0.306 e. The van der Waals surface area contributed by atoms with Crippen molar-refractivity contribution in [3.05, 3.63) is 38.3 Å². The number of nitrogens with one attached hydrogen (secondary N) is 1. The van der Waals surface area contributed by atoms with Gasteiger partial charge in [0.15, 0.2) is 0 Å². The van der Waals surface area contributed by atoms with Gasteiger partial charge in [-0.2, -0.15) is 5.10 Å². The second kappa shape index (κ2) is 6.06. The second-order valence-electron chi connectivity index (χ2n) is 3.90. The summed E-state index contributed by atoms with van der Waals surface area (Å²) in [6.45, 7) is 5.84. The molecule has 2 aromatic rings. The minimum absolute atomic E-state index is 0.0477. The Morgan fingerprint density at radius 3 is 2.72 bits per heavy atom. The van der Waals surface area contributed by atoms with Gasteiger partial charge in [0.2, 0.25) is 0 Å². The summed E-state index contributed by atoms with van der Waals surface area (Å²) >= 11 is 13.6. The first kappa shape index (κ1) is 13.9. The van der Waals surface area contributed by atoms with Gasteiger partial charge in [-0.15, -0.1) is 11.3 Å². The van der Waals surface area contributed by atoms with Crippen molar-refractivity contribution in [1.82, 2.24) is 15.1 Å². The molecular weight excluding hydrogens is 289 g/mol. The molecule has 0 fully saturated rings. The van der Waals surface area contributed by atoms with Crippen LogP contribution in [0, 0.1) is 0 Å². The Labute approximate surface area is 121 Å². The zero-order valence-corrected chi connectivity index (χ0v) is 12.6. The van der Waals surface area contributed by atoms with Crippen LogP contribution in [0.25, 0.3) is 0 Å². The summed E-state index contributed by atoms with van der Waals surface area (Å²) in [7, 11) is 0. The molecule has 0 saturated heterocycles. The van der Waals surface area contributed by atoms with Gasteiger partial charge in [-0.3, -0.25) is 4.68 Å². The van der Waals surface area contributed by atoms with Gasteiger partial charge in [0.25, 0.3) is 0 Å². The van der Waals surface area contributed by atoms with Crippen LogP contribution in [0.1, 0.15) is 31.0 Å². The zero-order valence-electron chi connectivity index (χ0n) is 10.3. The molecule has 0 aliphatic rings. The number of rotatable bonds is 5. The summed E-state index contributed by atoms with van der Waals surface area (Å²) in [5.41, 5.74) is 2.12. The second-order valence-corrected chi connectivity index (χ2v) is 6.19. The molecule has 2 rings (SSSR count). The third-order valence-electron chi connectivity index (χ3n) is 2.71. The molecule has 0 aliphatic heterocycles. The Kier molecular flexibility index (Phi) is 4.67. The van der Waals surface area contributed by atoms with Gasteiger partial charge in [0, 0.05) is 23.9 Å². The average molecular weight is 304 g/mol. The molecule has 6 heteroatoms. The highest BCUT2D eigenvalue weighted by atomic mass is 35.5. The number of halogens is 2. The highest BCUT2D eigenvalue weighted by Crippen LogP contribution is 2.37. The fraction of sp³-hybridized carbons (Fsp3) is 0.417. The zero-order chi connectivity index (χ0) is 13.1. The van der Waals surface area contributed by atoms with Gasteiger partial charge in [-0.25, -0.2) is 0 Å². The summed E-state index contributed by atoms with van der Waals surface area (Å²) in [5.74, 6) is 0. The summed E-state index contributed by atoms with van der Waals surface area (Å²) in [4.78, 5) is 0. The normalized spacial score (nSPS) is 12.9. The highest BCUT2D eigenvalue weighted by Gasteiger charge is 2.20. The first-order chi connectivity index (χ1) is 8.65. The Hall–Kier alpha value is -0.550. The van der Waals surface area contributed by atoms with E-state index in [4.69, 9.17) is 23.2 Å². The minimum atomic E-state index is 0.0477. The molecule has 0 saturated carbocycles. The average Bonchev–Trinajstić information content (AvgIpc) is 2.93. The maximum absolute atomic E-state index is 6.23. The van der Waals surface area contributed by atoms with Gasteiger partial charge in [-0.05, 0) is 19.5 Å². The maximum Gasteiger partial charge on any atom is 0.0995 e. The Bertz CT molecular complexity index is 521. The molecule has 3 nitrogen and oxygen atoms in total. The highest BCUT2D eigenvalue weighted by molar-refractivity contribution is 7.20. The number of hydrogen-bond donors (Lipinski definition) is 1. The molecule has 1 atom stereocenters. The van der Waals surface area contributed by atoms with Gasteiger partial charge >= 0.3 is 0 Å². The van der Waals surface area contributed by atoms with Crippen molar-refractivity contribution in [3.63, 3.8) is 0 Å². The van der Waals surface area contributed by atoms with Crippen molar-refractivity contribution in [1.29, 1.82) is 0 Å². The molecule has 0 aromatic carbocycles. The van der Waals surface area contributed by atoms with E-state index in [9.17, 15) is 0 Å². The van der Waals surface area contributed by atoms with Crippen molar-refractivity contribution < 1.29 is 0 Å². The monoisotopic (exact) mass is 303 g/mol. The van der Waals surface area contributed by atoms with Crippen molar-refractivity contribution in [2.24, 2.45) is 0 Å². The van der Waals surface area contributed by atoms with Crippen LogP contribution >= 0.6 is 34.5 Å². The van der Waals surface area contributed by atoms with E-state index in [0.717, 1.165) is 28.6 Å². The molecule has 1 N–H and O–H groups in total. The number of thiophene rings is 1. The van der Waals surface area contributed by atoms with Crippen molar-refractivity contribution >= 4 is 34.5 Å². The van der Waals surface area contributed by atoms with Crippen molar-refractivity contribution in [3.8, 4) is 0 Å². The molecule has 1 unspecified atom stereocenters. The number of aryl methyl sites for hydroxylation is 1. The third kappa shape index (κ3) is 2.88. The minimum Gasteiger partial charge on any atom is -0.306 e. The molecule has 0 aliphatic carbocycles. The van der Waals surface area contributed by atoms with Crippen LogP contribution in [0.5, 0.6) is 0 Å². The van der Waals surface area contributed by atoms with E-state index in [1.165, 1.54) is 11.3 Å². The lowest BCUT2D eigenvalue weighted by Crippen LogP contribution is -2.21. The molecule has 2 aromatic heterocycles. The Morgan fingerprint density at radius 1 is 1.44 bits per heavy atom. The van der Waals surface area contributed by atoms with Crippen LogP contribution in [0.15, 0.2) is 18.5 Å². The SMILES string of the molecule is CCNC(c1cnn(CC)c1)c1cc(Cl)sc1Cl.